The molecule has 222 valence electrons. The number of aromatic nitrogens is 1. The van der Waals surface area contributed by atoms with E-state index in [0.717, 1.165) is 0 Å². The van der Waals surface area contributed by atoms with Crippen LogP contribution in [0.25, 0.3) is 22.2 Å². The minimum Gasteiger partial charge on any atom is -0.497 e. The fourth-order valence-corrected chi connectivity index (χ4v) is 5.98. The van der Waals surface area contributed by atoms with Gasteiger partial charge in [-0.3, -0.25) is 19.3 Å². The number of ether oxygens (including phenoxy) is 2. The molecule has 9 heteroatoms. The van der Waals surface area contributed by atoms with Gasteiger partial charge < -0.3 is 9.47 Å². The second-order valence-corrected chi connectivity index (χ2v) is 11.4. The predicted octanol–water partition coefficient (Wildman–Crippen LogP) is 6.76. The Hall–Kier alpha value is -4.82. The molecule has 0 radical (unpaired) electrons. The lowest BCUT2D eigenvalue weighted by Gasteiger charge is -2.17. The number of hydrogen-bond acceptors (Lipinski definition) is 7. The van der Waals surface area contributed by atoms with Gasteiger partial charge in [0, 0.05) is 21.5 Å². The van der Waals surface area contributed by atoms with Gasteiger partial charge in [0.2, 0.25) is 17.6 Å². The van der Waals surface area contributed by atoms with E-state index in [1.165, 1.54) is 18.9 Å². The monoisotopic (exact) mass is 608 g/mol. The summed E-state index contributed by atoms with van der Waals surface area (Å²) in [5.41, 5.74) is 3.43. The lowest BCUT2D eigenvalue weighted by atomic mass is 9.85. The summed E-state index contributed by atoms with van der Waals surface area (Å²) in [4.78, 5) is 58.8. The van der Waals surface area contributed by atoms with Crippen molar-refractivity contribution < 1.29 is 28.7 Å². The summed E-state index contributed by atoms with van der Waals surface area (Å²) < 4.78 is 10.8. The third kappa shape index (κ3) is 5.15. The molecule has 3 aromatic carbocycles. The van der Waals surface area contributed by atoms with Gasteiger partial charge in [-0.25, -0.2) is 9.78 Å². The number of amides is 2. The van der Waals surface area contributed by atoms with Crippen molar-refractivity contribution in [2.75, 3.05) is 12.0 Å². The molecule has 0 N–H and O–H groups in total. The zero-order valence-corrected chi connectivity index (χ0v) is 25.1. The normalized spacial score (nSPS) is 18.3. The molecule has 3 atom stereocenters. The van der Waals surface area contributed by atoms with Crippen molar-refractivity contribution in [2.45, 2.75) is 32.8 Å². The Morgan fingerprint density at radius 2 is 1.57 bits per heavy atom. The summed E-state index contributed by atoms with van der Waals surface area (Å²) in [6, 6.07) is 18.5. The molecule has 1 fully saturated rings. The van der Waals surface area contributed by atoms with Crippen LogP contribution in [-0.4, -0.2) is 41.8 Å². The number of methoxy groups -OCH3 is 1. The fraction of sp³-hybridized carbons (Fsp3) is 0.229. The Bertz CT molecular complexity index is 1820. The molecule has 0 bridgehead atoms. The molecule has 8 nitrogen and oxygen atoms in total. The van der Waals surface area contributed by atoms with Crippen molar-refractivity contribution in [1.82, 2.24) is 4.98 Å². The lowest BCUT2D eigenvalue weighted by molar-refractivity contribution is -0.122. The van der Waals surface area contributed by atoms with Crippen LogP contribution in [-0.2, 0) is 14.3 Å². The minimum atomic E-state index is -1.05. The van der Waals surface area contributed by atoms with Crippen LogP contribution in [0.4, 0.5) is 5.69 Å². The first-order valence-electron chi connectivity index (χ1n) is 14.3. The van der Waals surface area contributed by atoms with Crippen molar-refractivity contribution in [3.05, 3.63) is 101 Å². The number of imide groups is 1. The van der Waals surface area contributed by atoms with Gasteiger partial charge in [0.1, 0.15) is 5.75 Å². The molecule has 1 saturated heterocycles. The summed E-state index contributed by atoms with van der Waals surface area (Å²) in [6.45, 7) is 3.34. The topological polar surface area (TPSA) is 103 Å². The molecule has 0 spiro atoms. The number of ketones is 1. The fourth-order valence-electron chi connectivity index (χ4n) is 5.82. The van der Waals surface area contributed by atoms with Gasteiger partial charge in [0.05, 0.1) is 41.4 Å². The highest BCUT2D eigenvalue weighted by molar-refractivity contribution is 6.32. The van der Waals surface area contributed by atoms with E-state index in [9.17, 15) is 19.2 Å². The number of allylic oxidation sites excluding steroid dienone is 2. The Balaban J connectivity index is 1.31. The number of fused-ring (bicyclic) bond motifs is 2. The molecular formula is C35H29ClN2O6. The summed E-state index contributed by atoms with van der Waals surface area (Å²) in [5.74, 6) is -1.45. The summed E-state index contributed by atoms with van der Waals surface area (Å²) in [5, 5.41) is 1.02. The van der Waals surface area contributed by atoms with Crippen LogP contribution in [0.5, 0.6) is 5.75 Å². The number of carbonyl (C=O) groups is 4. The number of Topliss-reactive ketones (excluding diaryl/α,β-unsaturated/α-hetero) is 1. The highest BCUT2D eigenvalue weighted by atomic mass is 35.5. The number of pyridine rings is 1. The van der Waals surface area contributed by atoms with Gasteiger partial charge in [0.25, 0.3) is 0 Å². The molecule has 2 amide bonds. The highest BCUT2D eigenvalue weighted by Crippen LogP contribution is 2.38. The Morgan fingerprint density at radius 3 is 2.18 bits per heavy atom. The number of hydrogen-bond donors (Lipinski definition) is 0. The van der Waals surface area contributed by atoms with E-state index in [1.54, 1.807) is 66.7 Å². The van der Waals surface area contributed by atoms with E-state index < -0.39 is 12.1 Å². The van der Waals surface area contributed by atoms with E-state index in [2.05, 4.69) is 0 Å². The number of benzene rings is 3. The van der Waals surface area contributed by atoms with Crippen LogP contribution < -0.4 is 9.64 Å². The second kappa shape index (κ2) is 11.7. The maximum absolute atomic E-state index is 13.6. The zero-order valence-electron chi connectivity index (χ0n) is 24.4. The van der Waals surface area contributed by atoms with Gasteiger partial charge in [0.15, 0.2) is 6.10 Å². The smallest absolute Gasteiger partial charge is 0.339 e. The van der Waals surface area contributed by atoms with E-state index in [1.807, 2.05) is 19.1 Å². The Morgan fingerprint density at radius 1 is 0.932 bits per heavy atom. The molecule has 0 saturated carbocycles. The molecule has 3 unspecified atom stereocenters. The number of aryl methyl sites for hydroxylation is 1. The highest BCUT2D eigenvalue weighted by Gasteiger charge is 2.47. The average molecular weight is 609 g/mol. The number of nitrogens with zero attached hydrogens (tertiary/aromatic N) is 2. The van der Waals surface area contributed by atoms with E-state index >= 15 is 0 Å². The minimum absolute atomic E-state index is 0.186. The molecule has 1 aliphatic heterocycles. The average Bonchev–Trinajstić information content (AvgIpc) is 3.31. The van der Waals surface area contributed by atoms with Crippen LogP contribution in [0.3, 0.4) is 0 Å². The predicted molar refractivity (Wildman–Crippen MR) is 167 cm³/mol. The van der Waals surface area contributed by atoms with Crippen LogP contribution in [0.1, 0.15) is 46.0 Å². The molecule has 44 heavy (non-hydrogen) atoms. The van der Waals surface area contributed by atoms with Crippen LogP contribution in [0.2, 0.25) is 5.02 Å². The summed E-state index contributed by atoms with van der Waals surface area (Å²) in [7, 11) is 1.54. The lowest BCUT2D eigenvalue weighted by Crippen LogP contribution is -2.30. The van der Waals surface area contributed by atoms with Crippen LogP contribution in [0.15, 0.2) is 78.9 Å². The van der Waals surface area contributed by atoms with Crippen molar-refractivity contribution in [1.29, 1.82) is 0 Å². The molecule has 6 rings (SSSR count). The standard InChI is InChI=1S/C35H29ClN2O6/c1-19-29(36)17-16-25-28(35(42)44-20(2)32(39)22-10-14-24(43-3)15-11-22)18-30(37-31(19)25)21-8-12-23(13-9-21)38-33(40)26-6-4-5-7-27(26)34(38)41/h4-5,8-18,20,26-27H,6-7H2,1-3H3. The van der Waals surface area contributed by atoms with Gasteiger partial charge in [-0.05, 0) is 80.8 Å². The first-order valence-corrected chi connectivity index (χ1v) is 14.7. The molecule has 1 aromatic heterocycles. The van der Waals surface area contributed by atoms with Crippen LogP contribution >= 0.6 is 11.6 Å². The third-order valence-corrected chi connectivity index (χ3v) is 8.75. The second-order valence-electron chi connectivity index (χ2n) is 11.0. The maximum Gasteiger partial charge on any atom is 0.339 e. The molecular weight excluding hydrogens is 580 g/mol. The SMILES string of the molecule is COc1ccc(C(=O)C(C)OC(=O)c2cc(-c3ccc(N4C(=O)C5CC=CCC5C4=O)cc3)nc3c(C)c(Cl)ccc23)cc1. The van der Waals surface area contributed by atoms with E-state index in [-0.39, 0.29) is 35.0 Å². The quantitative estimate of drug-likeness (QED) is 0.0989. The van der Waals surface area contributed by atoms with Crippen molar-refractivity contribution in [3.8, 4) is 17.0 Å². The van der Waals surface area contributed by atoms with Crippen molar-refractivity contribution in [3.63, 3.8) is 0 Å². The molecule has 1 aliphatic carbocycles. The number of anilines is 1. The first-order chi connectivity index (χ1) is 21.2. The van der Waals surface area contributed by atoms with Gasteiger partial charge in [-0.15, -0.1) is 0 Å². The zero-order chi connectivity index (χ0) is 31.1. The van der Waals surface area contributed by atoms with Crippen LogP contribution in [0, 0.1) is 18.8 Å². The number of carbonyl (C=O) groups excluding carboxylic acids is 4. The first kappa shape index (κ1) is 29.3. The Kier molecular flexibility index (Phi) is 7.78. The number of halogens is 1. The molecule has 2 aliphatic rings. The number of rotatable bonds is 7. The largest absolute Gasteiger partial charge is 0.497 e. The molecule has 2 heterocycles. The number of esters is 1. The van der Waals surface area contributed by atoms with Crippen molar-refractivity contribution in [2.24, 2.45) is 11.8 Å². The van der Waals surface area contributed by atoms with Gasteiger partial charge in [-0.1, -0.05) is 42.0 Å². The van der Waals surface area contributed by atoms with Gasteiger partial charge in [-0.2, -0.15) is 0 Å². The third-order valence-electron chi connectivity index (χ3n) is 8.34. The van der Waals surface area contributed by atoms with E-state index in [4.69, 9.17) is 26.1 Å². The molecule has 4 aromatic rings. The van der Waals surface area contributed by atoms with E-state index in [0.29, 0.717) is 62.6 Å². The van der Waals surface area contributed by atoms with Gasteiger partial charge >= 0.3 is 5.97 Å². The summed E-state index contributed by atoms with van der Waals surface area (Å²) >= 11 is 6.42. The summed E-state index contributed by atoms with van der Waals surface area (Å²) in [6.07, 6.45) is 3.99. The Labute approximate surface area is 259 Å². The maximum atomic E-state index is 13.6. The van der Waals surface area contributed by atoms with Crippen molar-refractivity contribution >= 4 is 51.8 Å².